The molecule has 0 aromatic carbocycles. The van der Waals surface area contributed by atoms with E-state index in [0.717, 1.165) is 38.5 Å². The van der Waals surface area contributed by atoms with Crippen molar-refractivity contribution in [3.63, 3.8) is 0 Å². The van der Waals surface area contributed by atoms with Crippen molar-refractivity contribution in [2.75, 3.05) is 26.4 Å². The van der Waals surface area contributed by atoms with Crippen LogP contribution in [-0.4, -0.2) is 49.3 Å². The second-order valence-corrected chi connectivity index (χ2v) is 14.3. The molecule has 0 saturated heterocycles. The van der Waals surface area contributed by atoms with E-state index in [9.17, 15) is 19.0 Å². The molecule has 0 fully saturated rings. The SMILES string of the molecule is CCCCCCCC/C=C/CCCCCC(=O)OC[C@H](COP(=O)(O)OCCN)OC(=O)/C=C/C=C/CCCCCCCCCCCCC. The van der Waals surface area contributed by atoms with Crippen LogP contribution in [0.5, 0.6) is 0 Å². The molecule has 10 heteroatoms. The van der Waals surface area contributed by atoms with Crippen LogP contribution < -0.4 is 5.73 Å². The molecule has 3 N–H and O–H groups in total. The standard InChI is InChI=1S/C39H72NO8P/c1-3-5-7-9-11-13-15-17-18-20-22-24-26-28-30-32-39(42)48-37(36-47-49(43,44)46-34-33-40)35-45-38(41)31-29-27-25-23-21-19-16-14-12-10-8-6-4-2/h19,21,26,28,30,32,37H,3-18,20,22-25,27,29,31,33-36,40H2,1-2H3,(H,43,44)/b21-19+,28-26+,32-30+/t37-/m1/s1. The highest BCUT2D eigenvalue weighted by molar-refractivity contribution is 7.47. The number of esters is 2. The van der Waals surface area contributed by atoms with Crippen molar-refractivity contribution >= 4 is 19.8 Å². The van der Waals surface area contributed by atoms with Gasteiger partial charge in [0.15, 0.2) is 6.10 Å². The first-order valence-electron chi connectivity index (χ1n) is 19.5. The molecule has 286 valence electrons. The number of unbranched alkanes of at least 4 members (excludes halogenated alkanes) is 20. The molecule has 0 spiro atoms. The first kappa shape index (κ1) is 47.2. The Hall–Kier alpha value is -1.77. The Kier molecular flexibility index (Phi) is 34.7. The summed E-state index contributed by atoms with van der Waals surface area (Å²) in [6.45, 7) is 3.57. The molecule has 1 unspecified atom stereocenters. The largest absolute Gasteiger partial charge is 0.472 e. The lowest BCUT2D eigenvalue weighted by atomic mass is 10.1. The summed E-state index contributed by atoms with van der Waals surface area (Å²) >= 11 is 0. The molecule has 0 rings (SSSR count). The van der Waals surface area contributed by atoms with Gasteiger partial charge in [-0.2, -0.15) is 0 Å². The Morgan fingerprint density at radius 3 is 1.67 bits per heavy atom. The van der Waals surface area contributed by atoms with Gasteiger partial charge in [0.25, 0.3) is 0 Å². The predicted octanol–water partition coefficient (Wildman–Crippen LogP) is 10.6. The highest BCUT2D eigenvalue weighted by Gasteiger charge is 2.25. The van der Waals surface area contributed by atoms with E-state index >= 15 is 0 Å². The minimum absolute atomic E-state index is 0.0387. The van der Waals surface area contributed by atoms with E-state index in [1.54, 1.807) is 12.2 Å². The number of hydrogen-bond donors (Lipinski definition) is 2. The minimum atomic E-state index is -4.40. The van der Waals surface area contributed by atoms with Crippen molar-refractivity contribution in [3.8, 4) is 0 Å². The van der Waals surface area contributed by atoms with Crippen molar-refractivity contribution < 1.29 is 37.6 Å². The molecule has 2 atom stereocenters. The quantitative estimate of drug-likeness (QED) is 0.0162. The molecule has 0 radical (unpaired) electrons. The summed E-state index contributed by atoms with van der Waals surface area (Å²) in [5.41, 5.74) is 5.32. The van der Waals surface area contributed by atoms with Crippen LogP contribution in [-0.2, 0) is 32.7 Å². The van der Waals surface area contributed by atoms with E-state index in [0.29, 0.717) is 6.42 Å². The highest BCUT2D eigenvalue weighted by Crippen LogP contribution is 2.43. The number of carbonyl (C=O) groups excluding carboxylic acids is 2. The van der Waals surface area contributed by atoms with Crippen LogP contribution in [0.25, 0.3) is 0 Å². The molecule has 0 aromatic heterocycles. The van der Waals surface area contributed by atoms with Gasteiger partial charge in [0.1, 0.15) is 6.61 Å². The Morgan fingerprint density at radius 1 is 0.653 bits per heavy atom. The lowest BCUT2D eigenvalue weighted by Gasteiger charge is -2.19. The summed E-state index contributed by atoms with van der Waals surface area (Å²) in [6, 6.07) is 0. The molecule has 0 aliphatic heterocycles. The van der Waals surface area contributed by atoms with Gasteiger partial charge < -0.3 is 20.1 Å². The summed E-state index contributed by atoms with van der Waals surface area (Å²) in [5, 5.41) is 0. The number of phosphoric ester groups is 1. The van der Waals surface area contributed by atoms with Crippen LogP contribution >= 0.6 is 7.82 Å². The number of hydrogen-bond acceptors (Lipinski definition) is 8. The van der Waals surface area contributed by atoms with Crippen LogP contribution in [0.2, 0.25) is 0 Å². The molecule has 0 aliphatic rings. The lowest BCUT2D eigenvalue weighted by molar-refractivity contribution is -0.157. The molecular formula is C39H72NO8P. The maximum atomic E-state index is 12.4. The second kappa shape index (κ2) is 36.0. The second-order valence-electron chi connectivity index (χ2n) is 12.9. The summed E-state index contributed by atoms with van der Waals surface area (Å²) in [5.74, 6) is -1.10. The smallest absolute Gasteiger partial charge is 0.462 e. The zero-order valence-electron chi connectivity index (χ0n) is 31.2. The summed E-state index contributed by atoms with van der Waals surface area (Å²) in [6.07, 6.45) is 38.1. The average molecular weight is 714 g/mol. The molecule has 0 aliphatic carbocycles. The number of ether oxygens (including phenoxy) is 2. The maximum absolute atomic E-state index is 12.4. The van der Waals surface area contributed by atoms with Crippen molar-refractivity contribution in [1.82, 2.24) is 0 Å². The van der Waals surface area contributed by atoms with Crippen LogP contribution in [0, 0.1) is 0 Å². The monoisotopic (exact) mass is 713 g/mol. The van der Waals surface area contributed by atoms with Crippen molar-refractivity contribution in [2.24, 2.45) is 5.73 Å². The highest BCUT2D eigenvalue weighted by atomic mass is 31.2. The number of carbonyl (C=O) groups is 2. The van der Waals surface area contributed by atoms with Crippen LogP contribution in [0.4, 0.5) is 0 Å². The third-order valence-electron chi connectivity index (χ3n) is 8.11. The minimum Gasteiger partial charge on any atom is -0.462 e. The van der Waals surface area contributed by atoms with Crippen LogP contribution in [0.15, 0.2) is 36.5 Å². The Balaban J connectivity index is 4.35. The van der Waals surface area contributed by atoms with E-state index in [-0.39, 0.29) is 26.2 Å². The Bertz CT molecular complexity index is 907. The van der Waals surface area contributed by atoms with Crippen LogP contribution in [0.3, 0.4) is 0 Å². The zero-order valence-corrected chi connectivity index (χ0v) is 32.1. The average Bonchev–Trinajstić information content (AvgIpc) is 3.08. The van der Waals surface area contributed by atoms with Gasteiger partial charge >= 0.3 is 19.8 Å². The summed E-state index contributed by atoms with van der Waals surface area (Å²) in [7, 11) is -4.40. The summed E-state index contributed by atoms with van der Waals surface area (Å²) < 4.78 is 32.4. The van der Waals surface area contributed by atoms with E-state index in [2.05, 4.69) is 26.0 Å². The number of nitrogens with two attached hydrogens (primary N) is 1. The number of allylic oxidation sites excluding steroid dienone is 5. The van der Waals surface area contributed by atoms with E-state index in [4.69, 9.17) is 24.3 Å². The maximum Gasteiger partial charge on any atom is 0.472 e. The zero-order chi connectivity index (χ0) is 36.1. The van der Waals surface area contributed by atoms with Crippen LogP contribution in [0.1, 0.15) is 168 Å². The fourth-order valence-electron chi connectivity index (χ4n) is 5.18. The van der Waals surface area contributed by atoms with Crippen molar-refractivity contribution in [2.45, 2.75) is 174 Å². The fourth-order valence-corrected chi connectivity index (χ4v) is 5.95. The van der Waals surface area contributed by atoms with Crippen molar-refractivity contribution in [3.05, 3.63) is 36.5 Å². The molecule has 0 saturated carbocycles. The molecule has 0 bridgehead atoms. The molecule has 0 amide bonds. The van der Waals surface area contributed by atoms with Gasteiger partial charge in [-0.05, 0) is 44.9 Å². The van der Waals surface area contributed by atoms with E-state index < -0.39 is 32.5 Å². The van der Waals surface area contributed by atoms with E-state index in [1.165, 1.54) is 109 Å². The Morgan fingerprint density at radius 2 is 1.14 bits per heavy atom. The summed E-state index contributed by atoms with van der Waals surface area (Å²) in [4.78, 5) is 34.6. The molecule has 9 nitrogen and oxygen atoms in total. The molecule has 49 heavy (non-hydrogen) atoms. The van der Waals surface area contributed by atoms with Gasteiger partial charge in [0.2, 0.25) is 0 Å². The first-order chi connectivity index (χ1) is 23.8. The lowest BCUT2D eigenvalue weighted by Crippen LogP contribution is -2.29. The third-order valence-corrected chi connectivity index (χ3v) is 9.09. The fraction of sp³-hybridized carbons (Fsp3) is 0.795. The van der Waals surface area contributed by atoms with Gasteiger partial charge in [0, 0.05) is 19.0 Å². The topological polar surface area (TPSA) is 134 Å². The normalized spacial score (nSPS) is 13.8. The van der Waals surface area contributed by atoms with E-state index in [1.807, 2.05) is 6.08 Å². The Labute approximate surface area is 299 Å². The van der Waals surface area contributed by atoms with Gasteiger partial charge in [-0.3, -0.25) is 13.8 Å². The first-order valence-corrected chi connectivity index (χ1v) is 21.0. The number of phosphoric acid groups is 1. The van der Waals surface area contributed by atoms with Gasteiger partial charge in [-0.15, -0.1) is 0 Å². The molecule has 0 aromatic rings. The van der Waals surface area contributed by atoms with Gasteiger partial charge in [-0.1, -0.05) is 147 Å². The molecular weight excluding hydrogens is 641 g/mol. The van der Waals surface area contributed by atoms with Crippen molar-refractivity contribution in [1.29, 1.82) is 0 Å². The third kappa shape index (κ3) is 35.8. The van der Waals surface area contributed by atoms with Gasteiger partial charge in [0.05, 0.1) is 13.2 Å². The van der Waals surface area contributed by atoms with Gasteiger partial charge in [-0.25, -0.2) is 9.36 Å². The number of rotatable bonds is 36. The molecule has 0 heterocycles. The predicted molar refractivity (Wildman–Crippen MR) is 201 cm³/mol.